The lowest BCUT2D eigenvalue weighted by atomic mass is 10.0. The molecule has 1 aromatic heterocycles. The Morgan fingerprint density at radius 1 is 1.14 bits per heavy atom. The Bertz CT molecular complexity index is 960. The smallest absolute Gasteiger partial charge is 0.224 e. The average molecular weight is 377 g/mol. The lowest BCUT2D eigenvalue weighted by molar-refractivity contribution is -0.130. The Balaban J connectivity index is 2.00. The SMILES string of the molecule is Cc1ccc(-c2nn(-c3ccccc3)cc2CN(C)C(=O)CC(C)N)cc1C. The van der Waals surface area contributed by atoms with E-state index in [0.717, 1.165) is 22.5 Å². The van der Waals surface area contributed by atoms with Gasteiger partial charge < -0.3 is 10.6 Å². The molecule has 0 spiro atoms. The van der Waals surface area contributed by atoms with Gasteiger partial charge in [-0.05, 0) is 50.1 Å². The summed E-state index contributed by atoms with van der Waals surface area (Å²) in [7, 11) is 1.81. The predicted octanol–water partition coefficient (Wildman–Crippen LogP) is 3.85. The number of carbonyl (C=O) groups is 1. The van der Waals surface area contributed by atoms with E-state index in [9.17, 15) is 4.79 Å². The number of nitrogens with zero attached hydrogens (tertiary/aromatic N) is 3. The van der Waals surface area contributed by atoms with Crippen molar-refractivity contribution < 1.29 is 4.79 Å². The number of benzene rings is 2. The van der Waals surface area contributed by atoms with Gasteiger partial charge in [0.25, 0.3) is 0 Å². The monoisotopic (exact) mass is 376 g/mol. The van der Waals surface area contributed by atoms with Gasteiger partial charge in [0, 0.05) is 43.4 Å². The number of para-hydroxylation sites is 1. The minimum Gasteiger partial charge on any atom is -0.341 e. The van der Waals surface area contributed by atoms with E-state index in [2.05, 4.69) is 32.0 Å². The van der Waals surface area contributed by atoms with Crippen LogP contribution in [0.4, 0.5) is 0 Å². The topological polar surface area (TPSA) is 64.2 Å². The van der Waals surface area contributed by atoms with Crippen molar-refractivity contribution in [1.29, 1.82) is 0 Å². The summed E-state index contributed by atoms with van der Waals surface area (Å²) in [4.78, 5) is 14.1. The fraction of sp³-hybridized carbons (Fsp3) is 0.304. The number of carbonyl (C=O) groups excluding carboxylic acids is 1. The molecule has 28 heavy (non-hydrogen) atoms. The van der Waals surface area contributed by atoms with Gasteiger partial charge in [-0.1, -0.05) is 30.3 Å². The minimum absolute atomic E-state index is 0.0356. The third kappa shape index (κ3) is 4.49. The highest BCUT2D eigenvalue weighted by molar-refractivity contribution is 5.77. The maximum absolute atomic E-state index is 12.4. The number of rotatable bonds is 6. The van der Waals surface area contributed by atoms with E-state index in [4.69, 9.17) is 10.8 Å². The molecule has 0 radical (unpaired) electrons. The lowest BCUT2D eigenvalue weighted by Crippen LogP contribution is -2.31. The van der Waals surface area contributed by atoms with E-state index in [1.54, 1.807) is 4.90 Å². The van der Waals surface area contributed by atoms with Crippen LogP contribution in [0.25, 0.3) is 16.9 Å². The lowest BCUT2D eigenvalue weighted by Gasteiger charge is -2.18. The van der Waals surface area contributed by atoms with Crippen LogP contribution in [0.2, 0.25) is 0 Å². The molecule has 3 rings (SSSR count). The van der Waals surface area contributed by atoms with Crippen LogP contribution in [0.3, 0.4) is 0 Å². The number of aryl methyl sites for hydroxylation is 2. The number of nitrogens with two attached hydrogens (primary N) is 1. The van der Waals surface area contributed by atoms with Crippen molar-refractivity contribution in [3.8, 4) is 16.9 Å². The molecule has 0 aliphatic rings. The number of amides is 1. The highest BCUT2D eigenvalue weighted by Gasteiger charge is 2.18. The zero-order valence-corrected chi connectivity index (χ0v) is 17.0. The molecule has 3 aromatic rings. The molecule has 1 unspecified atom stereocenters. The van der Waals surface area contributed by atoms with Crippen molar-refractivity contribution >= 4 is 5.91 Å². The molecule has 0 bridgehead atoms. The van der Waals surface area contributed by atoms with Crippen LogP contribution in [-0.4, -0.2) is 33.7 Å². The molecular weight excluding hydrogens is 348 g/mol. The van der Waals surface area contributed by atoms with Crippen LogP contribution in [0, 0.1) is 13.8 Å². The van der Waals surface area contributed by atoms with Crippen molar-refractivity contribution in [2.45, 2.75) is 39.8 Å². The van der Waals surface area contributed by atoms with Crippen molar-refractivity contribution in [2.24, 2.45) is 5.73 Å². The fourth-order valence-electron chi connectivity index (χ4n) is 3.15. The summed E-state index contributed by atoms with van der Waals surface area (Å²) >= 11 is 0. The number of hydrogen-bond donors (Lipinski definition) is 1. The first-order valence-corrected chi connectivity index (χ1v) is 9.56. The van der Waals surface area contributed by atoms with Crippen LogP contribution < -0.4 is 5.73 Å². The van der Waals surface area contributed by atoms with Crippen LogP contribution in [-0.2, 0) is 11.3 Å². The zero-order valence-electron chi connectivity index (χ0n) is 17.0. The molecule has 0 saturated heterocycles. The molecule has 0 fully saturated rings. The van der Waals surface area contributed by atoms with E-state index in [0.29, 0.717) is 13.0 Å². The summed E-state index contributed by atoms with van der Waals surface area (Å²) < 4.78 is 1.88. The van der Waals surface area contributed by atoms with Gasteiger partial charge in [-0.15, -0.1) is 0 Å². The minimum atomic E-state index is -0.152. The van der Waals surface area contributed by atoms with E-state index in [-0.39, 0.29) is 11.9 Å². The summed E-state index contributed by atoms with van der Waals surface area (Å²) in [5.41, 5.74) is 12.2. The standard InChI is InChI=1S/C23H28N4O/c1-16-10-11-19(12-17(16)2)23-20(14-26(4)22(28)13-18(3)24)15-27(25-23)21-8-6-5-7-9-21/h5-12,15,18H,13-14,24H2,1-4H3. The third-order valence-electron chi connectivity index (χ3n) is 4.92. The molecule has 5 heteroatoms. The first-order chi connectivity index (χ1) is 13.3. The molecule has 1 amide bonds. The molecule has 0 saturated carbocycles. The normalized spacial score (nSPS) is 12.0. The fourth-order valence-corrected chi connectivity index (χ4v) is 3.15. The molecule has 0 aliphatic heterocycles. The summed E-state index contributed by atoms with van der Waals surface area (Å²) in [6, 6.07) is 16.2. The van der Waals surface area contributed by atoms with Crippen molar-refractivity contribution in [3.05, 3.63) is 71.4 Å². The second-order valence-corrected chi connectivity index (χ2v) is 7.51. The van der Waals surface area contributed by atoms with Gasteiger partial charge in [-0.2, -0.15) is 5.10 Å². The largest absolute Gasteiger partial charge is 0.341 e. The molecular formula is C23H28N4O. The first-order valence-electron chi connectivity index (χ1n) is 9.56. The average Bonchev–Trinajstić information content (AvgIpc) is 3.08. The highest BCUT2D eigenvalue weighted by Crippen LogP contribution is 2.26. The second kappa shape index (κ2) is 8.40. The van der Waals surface area contributed by atoms with E-state index in [1.165, 1.54) is 11.1 Å². The van der Waals surface area contributed by atoms with Gasteiger partial charge in [0.15, 0.2) is 0 Å². The van der Waals surface area contributed by atoms with E-state index >= 15 is 0 Å². The molecule has 5 nitrogen and oxygen atoms in total. The Kier molecular flexibility index (Phi) is 5.95. The Morgan fingerprint density at radius 3 is 2.50 bits per heavy atom. The van der Waals surface area contributed by atoms with Crippen LogP contribution in [0.5, 0.6) is 0 Å². The van der Waals surface area contributed by atoms with Crippen LogP contribution >= 0.6 is 0 Å². The van der Waals surface area contributed by atoms with Crippen molar-refractivity contribution in [2.75, 3.05) is 7.05 Å². The third-order valence-corrected chi connectivity index (χ3v) is 4.92. The number of aromatic nitrogens is 2. The molecule has 0 aliphatic carbocycles. The van der Waals surface area contributed by atoms with Crippen LogP contribution in [0.15, 0.2) is 54.7 Å². The van der Waals surface area contributed by atoms with Gasteiger partial charge in [-0.3, -0.25) is 4.79 Å². The second-order valence-electron chi connectivity index (χ2n) is 7.51. The van der Waals surface area contributed by atoms with Gasteiger partial charge in [-0.25, -0.2) is 4.68 Å². The van der Waals surface area contributed by atoms with Crippen molar-refractivity contribution in [1.82, 2.24) is 14.7 Å². The van der Waals surface area contributed by atoms with Crippen LogP contribution in [0.1, 0.15) is 30.0 Å². The molecule has 1 heterocycles. The van der Waals surface area contributed by atoms with Crippen molar-refractivity contribution in [3.63, 3.8) is 0 Å². The summed E-state index contributed by atoms with van der Waals surface area (Å²) in [5, 5.41) is 4.85. The van der Waals surface area contributed by atoms with Gasteiger partial charge >= 0.3 is 0 Å². The van der Waals surface area contributed by atoms with Gasteiger partial charge in [0.05, 0.1) is 11.4 Å². The summed E-state index contributed by atoms with van der Waals surface area (Å²) in [5.74, 6) is 0.0356. The maximum atomic E-state index is 12.4. The predicted molar refractivity (Wildman–Crippen MR) is 113 cm³/mol. The van der Waals surface area contributed by atoms with E-state index in [1.807, 2.05) is 55.2 Å². The van der Waals surface area contributed by atoms with Gasteiger partial charge in [0.1, 0.15) is 0 Å². The Hall–Kier alpha value is -2.92. The summed E-state index contributed by atoms with van der Waals surface area (Å²) in [6.45, 7) is 6.54. The maximum Gasteiger partial charge on any atom is 0.224 e. The van der Waals surface area contributed by atoms with E-state index < -0.39 is 0 Å². The Labute approximate surface area is 166 Å². The Morgan fingerprint density at radius 2 is 1.86 bits per heavy atom. The zero-order chi connectivity index (χ0) is 20.3. The first kappa shape index (κ1) is 19.8. The summed E-state index contributed by atoms with van der Waals surface area (Å²) in [6.07, 6.45) is 2.35. The van der Waals surface area contributed by atoms with Gasteiger partial charge in [0.2, 0.25) is 5.91 Å². The molecule has 2 N–H and O–H groups in total. The quantitative estimate of drug-likeness (QED) is 0.711. The molecule has 2 aromatic carbocycles. The molecule has 146 valence electrons. The number of hydrogen-bond acceptors (Lipinski definition) is 3. The highest BCUT2D eigenvalue weighted by atomic mass is 16.2. The molecule has 1 atom stereocenters.